The van der Waals surface area contributed by atoms with Crippen molar-refractivity contribution in [2.24, 2.45) is 0 Å². The van der Waals surface area contributed by atoms with Gasteiger partial charge in [-0.2, -0.15) is 4.98 Å². The number of rotatable bonds is 1. The summed E-state index contributed by atoms with van der Waals surface area (Å²) < 4.78 is 5.60. The van der Waals surface area contributed by atoms with Crippen molar-refractivity contribution < 1.29 is 4.42 Å². The molecule has 0 saturated carbocycles. The highest BCUT2D eigenvalue weighted by Gasteiger charge is 2.08. The van der Waals surface area contributed by atoms with Crippen LogP contribution in [-0.2, 0) is 0 Å². The standard InChI is InChI=1S/C12H9N3O.C2H6/c1-8-5-9(7-13-6-8)12-15-11-10(16-12)3-2-4-14-11;1-2/h2-7H,1H3;1-2H3. The van der Waals surface area contributed by atoms with Crippen molar-refractivity contribution in [3.05, 3.63) is 42.4 Å². The molecule has 3 heterocycles. The van der Waals surface area contributed by atoms with Crippen LogP contribution in [0.5, 0.6) is 0 Å². The minimum Gasteiger partial charge on any atom is -0.434 e. The fourth-order valence-electron chi connectivity index (χ4n) is 1.56. The first-order valence-electron chi connectivity index (χ1n) is 5.96. The van der Waals surface area contributed by atoms with Gasteiger partial charge >= 0.3 is 0 Å². The zero-order valence-corrected chi connectivity index (χ0v) is 10.7. The third-order valence-corrected chi connectivity index (χ3v) is 2.29. The third-order valence-electron chi connectivity index (χ3n) is 2.29. The lowest BCUT2D eigenvalue weighted by Crippen LogP contribution is -1.82. The summed E-state index contributed by atoms with van der Waals surface area (Å²) in [4.78, 5) is 12.5. The van der Waals surface area contributed by atoms with E-state index in [1.807, 2.05) is 39.0 Å². The van der Waals surface area contributed by atoms with Gasteiger partial charge in [-0.3, -0.25) is 4.98 Å². The van der Waals surface area contributed by atoms with Gasteiger partial charge in [-0.1, -0.05) is 13.8 Å². The third kappa shape index (κ3) is 2.37. The molecule has 0 atom stereocenters. The molecule has 0 spiro atoms. The molecule has 4 heteroatoms. The van der Waals surface area contributed by atoms with Crippen molar-refractivity contribution in [3.63, 3.8) is 0 Å². The van der Waals surface area contributed by atoms with Crippen LogP contribution >= 0.6 is 0 Å². The number of aryl methyl sites for hydroxylation is 1. The van der Waals surface area contributed by atoms with E-state index < -0.39 is 0 Å². The van der Waals surface area contributed by atoms with E-state index in [1.54, 1.807) is 18.6 Å². The van der Waals surface area contributed by atoms with Crippen LogP contribution in [0.3, 0.4) is 0 Å². The first-order chi connectivity index (χ1) is 8.83. The SMILES string of the molecule is CC.Cc1cncc(-c2nc3ncccc3o2)c1. The van der Waals surface area contributed by atoms with Gasteiger partial charge in [0.1, 0.15) is 0 Å². The molecule has 0 bridgehead atoms. The van der Waals surface area contributed by atoms with Crippen molar-refractivity contribution >= 4 is 11.2 Å². The molecule has 0 aliphatic rings. The highest BCUT2D eigenvalue weighted by Crippen LogP contribution is 2.22. The van der Waals surface area contributed by atoms with Crippen LogP contribution in [0.15, 0.2) is 41.2 Å². The molecule has 0 aromatic carbocycles. The van der Waals surface area contributed by atoms with E-state index in [0.29, 0.717) is 17.1 Å². The first kappa shape index (κ1) is 12.2. The van der Waals surface area contributed by atoms with Crippen LogP contribution in [0.1, 0.15) is 19.4 Å². The molecule has 0 radical (unpaired) electrons. The average Bonchev–Trinajstić information content (AvgIpc) is 2.85. The van der Waals surface area contributed by atoms with Gasteiger partial charge in [0.25, 0.3) is 0 Å². The molecule has 3 aromatic rings. The zero-order valence-electron chi connectivity index (χ0n) is 10.7. The smallest absolute Gasteiger partial charge is 0.230 e. The van der Waals surface area contributed by atoms with E-state index in [2.05, 4.69) is 15.0 Å². The Morgan fingerprint density at radius 2 is 2.00 bits per heavy atom. The van der Waals surface area contributed by atoms with Crippen LogP contribution < -0.4 is 0 Å². The molecule has 0 fully saturated rings. The summed E-state index contributed by atoms with van der Waals surface area (Å²) in [5.74, 6) is 0.560. The monoisotopic (exact) mass is 241 g/mol. The summed E-state index contributed by atoms with van der Waals surface area (Å²) in [6, 6.07) is 5.66. The molecule has 18 heavy (non-hydrogen) atoms. The number of hydrogen-bond acceptors (Lipinski definition) is 4. The van der Waals surface area contributed by atoms with Crippen LogP contribution in [0.4, 0.5) is 0 Å². The highest BCUT2D eigenvalue weighted by atomic mass is 16.3. The Morgan fingerprint density at radius 3 is 2.72 bits per heavy atom. The lowest BCUT2D eigenvalue weighted by molar-refractivity contribution is 0.619. The fraction of sp³-hybridized carbons (Fsp3) is 0.214. The Balaban J connectivity index is 0.000000574. The second kappa shape index (κ2) is 5.40. The molecule has 0 aliphatic heterocycles. The summed E-state index contributed by atoms with van der Waals surface area (Å²) >= 11 is 0. The molecule has 0 unspecified atom stereocenters. The Kier molecular flexibility index (Phi) is 3.67. The molecule has 0 saturated heterocycles. The molecular weight excluding hydrogens is 226 g/mol. The van der Waals surface area contributed by atoms with Crippen LogP contribution in [0, 0.1) is 6.92 Å². The van der Waals surface area contributed by atoms with Gasteiger partial charge in [-0.25, -0.2) is 4.98 Å². The number of fused-ring (bicyclic) bond motifs is 1. The van der Waals surface area contributed by atoms with Gasteiger partial charge in [-0.15, -0.1) is 0 Å². The molecular formula is C14H15N3O. The van der Waals surface area contributed by atoms with E-state index >= 15 is 0 Å². The fourth-order valence-corrected chi connectivity index (χ4v) is 1.56. The van der Waals surface area contributed by atoms with Crippen LogP contribution in [-0.4, -0.2) is 15.0 Å². The molecule has 0 N–H and O–H groups in total. The summed E-state index contributed by atoms with van der Waals surface area (Å²) in [5.41, 5.74) is 3.27. The maximum atomic E-state index is 5.60. The summed E-state index contributed by atoms with van der Waals surface area (Å²) in [6.07, 6.45) is 5.23. The minimum atomic E-state index is 0.560. The van der Waals surface area contributed by atoms with Crippen molar-refractivity contribution in [3.8, 4) is 11.5 Å². The second-order valence-corrected chi connectivity index (χ2v) is 3.60. The van der Waals surface area contributed by atoms with Gasteiger partial charge in [0.15, 0.2) is 11.2 Å². The molecule has 3 aromatic heterocycles. The lowest BCUT2D eigenvalue weighted by Gasteiger charge is -1.94. The van der Waals surface area contributed by atoms with E-state index in [4.69, 9.17) is 4.42 Å². The van der Waals surface area contributed by atoms with Crippen LogP contribution in [0.25, 0.3) is 22.7 Å². The highest BCUT2D eigenvalue weighted by molar-refractivity contribution is 5.71. The number of pyridine rings is 2. The normalized spacial score (nSPS) is 9.94. The van der Waals surface area contributed by atoms with Crippen molar-refractivity contribution in [2.75, 3.05) is 0 Å². The lowest BCUT2D eigenvalue weighted by atomic mass is 10.2. The average molecular weight is 241 g/mol. The number of hydrogen-bond donors (Lipinski definition) is 0. The Bertz CT molecular complexity index is 613. The molecule has 92 valence electrons. The zero-order chi connectivity index (χ0) is 13.0. The van der Waals surface area contributed by atoms with Crippen molar-refractivity contribution in [2.45, 2.75) is 20.8 Å². The van der Waals surface area contributed by atoms with Gasteiger partial charge in [-0.05, 0) is 30.7 Å². The van der Waals surface area contributed by atoms with Crippen molar-refractivity contribution in [1.82, 2.24) is 15.0 Å². The van der Waals surface area contributed by atoms with Crippen LogP contribution in [0.2, 0.25) is 0 Å². The van der Waals surface area contributed by atoms with Gasteiger partial charge in [0, 0.05) is 18.6 Å². The molecule has 4 nitrogen and oxygen atoms in total. The maximum absolute atomic E-state index is 5.60. The van der Waals surface area contributed by atoms with E-state index in [1.165, 1.54) is 0 Å². The van der Waals surface area contributed by atoms with E-state index in [-0.39, 0.29) is 0 Å². The summed E-state index contributed by atoms with van der Waals surface area (Å²) in [6.45, 7) is 5.98. The Hall–Kier alpha value is -2.23. The Morgan fingerprint density at radius 1 is 1.17 bits per heavy atom. The largest absolute Gasteiger partial charge is 0.434 e. The van der Waals surface area contributed by atoms with Crippen molar-refractivity contribution in [1.29, 1.82) is 0 Å². The number of oxazole rings is 1. The van der Waals surface area contributed by atoms with Gasteiger partial charge in [0.05, 0.1) is 5.56 Å². The Labute approximate surface area is 106 Å². The summed E-state index contributed by atoms with van der Waals surface area (Å²) in [5, 5.41) is 0. The predicted molar refractivity (Wildman–Crippen MR) is 71.1 cm³/mol. The second-order valence-electron chi connectivity index (χ2n) is 3.60. The number of nitrogens with zero attached hydrogens (tertiary/aromatic N) is 3. The molecule has 0 aliphatic carbocycles. The minimum absolute atomic E-state index is 0.560. The molecule has 0 amide bonds. The van der Waals surface area contributed by atoms with E-state index in [0.717, 1.165) is 11.1 Å². The molecule has 3 rings (SSSR count). The quantitative estimate of drug-likeness (QED) is 0.653. The number of aromatic nitrogens is 3. The van der Waals surface area contributed by atoms with E-state index in [9.17, 15) is 0 Å². The van der Waals surface area contributed by atoms with Gasteiger partial charge < -0.3 is 4.42 Å². The van der Waals surface area contributed by atoms with Gasteiger partial charge in [0.2, 0.25) is 5.89 Å². The maximum Gasteiger partial charge on any atom is 0.230 e. The summed E-state index contributed by atoms with van der Waals surface area (Å²) in [7, 11) is 0. The first-order valence-corrected chi connectivity index (χ1v) is 5.96. The topological polar surface area (TPSA) is 51.8 Å². The predicted octanol–water partition coefficient (Wildman–Crippen LogP) is 3.62.